The van der Waals surface area contributed by atoms with Gasteiger partial charge in [0, 0.05) is 32.7 Å². The Morgan fingerprint density at radius 2 is 1.72 bits per heavy atom. The standard InChI is InChI=1S/C20H23FN2O2/c1-2-25-17-9-7-16(8-10-17)15-22-11-13-23(14-12-22)20(24)18-5-3-4-6-19(18)21/h3-10H,2,11-15H2,1H3. The lowest BCUT2D eigenvalue weighted by Crippen LogP contribution is -2.48. The molecule has 0 unspecified atom stereocenters. The van der Waals surface area contributed by atoms with Crippen LogP contribution in [0.15, 0.2) is 48.5 Å². The third-order valence-electron chi connectivity index (χ3n) is 4.40. The molecule has 1 saturated heterocycles. The van der Waals surface area contributed by atoms with Gasteiger partial charge in [-0.05, 0) is 36.8 Å². The van der Waals surface area contributed by atoms with Gasteiger partial charge in [0.15, 0.2) is 0 Å². The number of piperazine rings is 1. The van der Waals surface area contributed by atoms with Crippen molar-refractivity contribution in [3.63, 3.8) is 0 Å². The Kier molecular flexibility index (Phi) is 5.66. The van der Waals surface area contributed by atoms with Crippen LogP contribution in [0.5, 0.6) is 5.75 Å². The van der Waals surface area contributed by atoms with Gasteiger partial charge in [0.2, 0.25) is 0 Å². The smallest absolute Gasteiger partial charge is 0.256 e. The molecule has 0 saturated carbocycles. The first kappa shape index (κ1) is 17.4. The number of nitrogens with zero attached hydrogens (tertiary/aromatic N) is 2. The fourth-order valence-corrected chi connectivity index (χ4v) is 3.03. The average Bonchev–Trinajstić information content (AvgIpc) is 2.64. The molecule has 3 rings (SSSR count). The minimum absolute atomic E-state index is 0.155. The van der Waals surface area contributed by atoms with Gasteiger partial charge in [-0.1, -0.05) is 24.3 Å². The molecule has 0 aromatic heterocycles. The lowest BCUT2D eigenvalue weighted by Gasteiger charge is -2.34. The van der Waals surface area contributed by atoms with E-state index in [1.54, 1.807) is 23.1 Å². The molecule has 1 aliphatic rings. The molecule has 0 spiro atoms. The Balaban J connectivity index is 1.53. The molecular formula is C20H23FN2O2. The molecule has 1 aliphatic heterocycles. The molecule has 0 aliphatic carbocycles. The lowest BCUT2D eigenvalue weighted by atomic mass is 10.1. The number of ether oxygens (including phenoxy) is 1. The number of hydrogen-bond donors (Lipinski definition) is 0. The summed E-state index contributed by atoms with van der Waals surface area (Å²) < 4.78 is 19.2. The maximum atomic E-state index is 13.8. The first-order valence-corrected chi connectivity index (χ1v) is 8.65. The fraction of sp³-hybridized carbons (Fsp3) is 0.350. The summed E-state index contributed by atoms with van der Waals surface area (Å²) in [7, 11) is 0. The molecule has 1 amide bonds. The third-order valence-corrected chi connectivity index (χ3v) is 4.40. The molecule has 0 N–H and O–H groups in total. The zero-order valence-electron chi connectivity index (χ0n) is 14.5. The van der Waals surface area contributed by atoms with Crippen molar-refractivity contribution in [3.05, 3.63) is 65.5 Å². The minimum atomic E-state index is -0.454. The van der Waals surface area contributed by atoms with Gasteiger partial charge in [-0.2, -0.15) is 0 Å². The van der Waals surface area contributed by atoms with Crippen LogP contribution in [0.3, 0.4) is 0 Å². The summed E-state index contributed by atoms with van der Waals surface area (Å²) in [5.41, 5.74) is 1.37. The van der Waals surface area contributed by atoms with Crippen molar-refractivity contribution < 1.29 is 13.9 Å². The minimum Gasteiger partial charge on any atom is -0.494 e. The molecule has 1 heterocycles. The van der Waals surface area contributed by atoms with E-state index < -0.39 is 5.82 Å². The van der Waals surface area contributed by atoms with E-state index in [9.17, 15) is 9.18 Å². The van der Waals surface area contributed by atoms with Gasteiger partial charge in [0.25, 0.3) is 5.91 Å². The Morgan fingerprint density at radius 3 is 2.36 bits per heavy atom. The second kappa shape index (κ2) is 8.12. The van der Waals surface area contributed by atoms with E-state index in [2.05, 4.69) is 17.0 Å². The van der Waals surface area contributed by atoms with Crippen LogP contribution in [0, 0.1) is 5.82 Å². The van der Waals surface area contributed by atoms with Crippen LogP contribution in [0.2, 0.25) is 0 Å². The highest BCUT2D eigenvalue weighted by atomic mass is 19.1. The van der Waals surface area contributed by atoms with Crippen molar-refractivity contribution in [2.24, 2.45) is 0 Å². The van der Waals surface area contributed by atoms with E-state index in [1.807, 2.05) is 19.1 Å². The van der Waals surface area contributed by atoms with E-state index in [1.165, 1.54) is 11.6 Å². The topological polar surface area (TPSA) is 32.8 Å². The highest BCUT2D eigenvalue weighted by molar-refractivity contribution is 5.94. The number of halogens is 1. The van der Waals surface area contributed by atoms with E-state index >= 15 is 0 Å². The van der Waals surface area contributed by atoms with Crippen LogP contribution in [0.4, 0.5) is 4.39 Å². The zero-order valence-corrected chi connectivity index (χ0v) is 14.5. The SMILES string of the molecule is CCOc1ccc(CN2CCN(C(=O)c3ccccc3F)CC2)cc1. The van der Waals surface area contributed by atoms with Gasteiger partial charge < -0.3 is 9.64 Å². The van der Waals surface area contributed by atoms with Gasteiger partial charge in [-0.15, -0.1) is 0 Å². The second-order valence-corrected chi connectivity index (χ2v) is 6.13. The number of rotatable bonds is 5. The van der Waals surface area contributed by atoms with Crippen molar-refractivity contribution in [2.45, 2.75) is 13.5 Å². The molecule has 2 aromatic carbocycles. The summed E-state index contributed by atoms with van der Waals surface area (Å²) in [6.45, 7) is 6.27. The molecule has 0 atom stereocenters. The van der Waals surface area contributed by atoms with Crippen molar-refractivity contribution in [1.29, 1.82) is 0 Å². The molecule has 4 nitrogen and oxygen atoms in total. The maximum Gasteiger partial charge on any atom is 0.256 e. The van der Waals surface area contributed by atoms with Crippen LogP contribution in [-0.4, -0.2) is 48.5 Å². The summed E-state index contributed by atoms with van der Waals surface area (Å²) in [6.07, 6.45) is 0. The third kappa shape index (κ3) is 4.37. The van der Waals surface area contributed by atoms with Gasteiger partial charge in [-0.3, -0.25) is 9.69 Å². The van der Waals surface area contributed by atoms with E-state index in [0.29, 0.717) is 19.7 Å². The predicted octanol–water partition coefficient (Wildman–Crippen LogP) is 3.18. The van der Waals surface area contributed by atoms with Crippen LogP contribution in [0.1, 0.15) is 22.8 Å². The molecule has 0 radical (unpaired) electrons. The average molecular weight is 342 g/mol. The number of benzene rings is 2. The van der Waals surface area contributed by atoms with Gasteiger partial charge in [0.05, 0.1) is 12.2 Å². The molecule has 132 valence electrons. The highest BCUT2D eigenvalue weighted by Crippen LogP contribution is 2.16. The quantitative estimate of drug-likeness (QED) is 0.837. The maximum absolute atomic E-state index is 13.8. The molecule has 25 heavy (non-hydrogen) atoms. The number of amides is 1. The van der Waals surface area contributed by atoms with E-state index in [4.69, 9.17) is 4.74 Å². The van der Waals surface area contributed by atoms with Crippen LogP contribution in [0.25, 0.3) is 0 Å². The lowest BCUT2D eigenvalue weighted by molar-refractivity contribution is 0.0624. The summed E-state index contributed by atoms with van der Waals surface area (Å²) in [6, 6.07) is 14.3. The van der Waals surface area contributed by atoms with Crippen molar-refractivity contribution in [2.75, 3.05) is 32.8 Å². The van der Waals surface area contributed by atoms with E-state index in [-0.39, 0.29) is 11.5 Å². The predicted molar refractivity (Wildman–Crippen MR) is 95.2 cm³/mol. The highest BCUT2D eigenvalue weighted by Gasteiger charge is 2.23. The largest absolute Gasteiger partial charge is 0.494 e. The molecular weight excluding hydrogens is 319 g/mol. The summed E-state index contributed by atoms with van der Waals surface area (Å²) in [5, 5.41) is 0. The molecule has 2 aromatic rings. The Bertz CT molecular complexity index is 710. The van der Waals surface area contributed by atoms with Crippen LogP contribution in [-0.2, 0) is 6.54 Å². The first-order valence-electron chi connectivity index (χ1n) is 8.65. The van der Waals surface area contributed by atoms with Crippen LogP contribution < -0.4 is 4.74 Å². The first-order chi connectivity index (χ1) is 12.2. The van der Waals surface area contributed by atoms with Gasteiger partial charge in [0.1, 0.15) is 11.6 Å². The van der Waals surface area contributed by atoms with Crippen LogP contribution >= 0.6 is 0 Å². The van der Waals surface area contributed by atoms with Crippen molar-refractivity contribution in [1.82, 2.24) is 9.80 Å². The number of carbonyl (C=O) groups is 1. The Morgan fingerprint density at radius 1 is 1.04 bits per heavy atom. The van der Waals surface area contributed by atoms with Gasteiger partial charge >= 0.3 is 0 Å². The fourth-order valence-electron chi connectivity index (χ4n) is 3.03. The zero-order chi connectivity index (χ0) is 17.6. The Hall–Kier alpha value is -2.40. The molecule has 1 fully saturated rings. The number of hydrogen-bond acceptors (Lipinski definition) is 3. The van der Waals surface area contributed by atoms with Crippen molar-refractivity contribution >= 4 is 5.91 Å². The van der Waals surface area contributed by atoms with Crippen molar-refractivity contribution in [3.8, 4) is 5.75 Å². The Labute approximate surface area is 147 Å². The molecule has 5 heteroatoms. The summed E-state index contributed by atoms with van der Waals surface area (Å²) in [4.78, 5) is 16.5. The van der Waals surface area contributed by atoms with Gasteiger partial charge in [-0.25, -0.2) is 4.39 Å². The van der Waals surface area contributed by atoms with E-state index in [0.717, 1.165) is 25.4 Å². The monoisotopic (exact) mass is 342 g/mol. The second-order valence-electron chi connectivity index (χ2n) is 6.13. The molecule has 0 bridgehead atoms. The number of carbonyl (C=O) groups excluding carboxylic acids is 1. The summed E-state index contributed by atoms with van der Waals surface area (Å²) >= 11 is 0. The normalized spacial score (nSPS) is 15.2. The summed E-state index contributed by atoms with van der Waals surface area (Å²) in [5.74, 6) is 0.203.